The van der Waals surface area contributed by atoms with Gasteiger partial charge in [-0.2, -0.15) is 0 Å². The molecular formula is C17H41ClPPd+. The molecule has 0 aromatic rings. The van der Waals surface area contributed by atoms with E-state index in [-0.39, 0.29) is 15.3 Å². The zero-order valence-electron chi connectivity index (χ0n) is 16.1. The first-order valence-corrected chi connectivity index (χ1v) is 10.9. The van der Waals surface area contributed by atoms with Crippen LogP contribution in [-0.4, -0.2) is 16.5 Å². The van der Waals surface area contributed by atoms with Crippen molar-refractivity contribution < 1.29 is 18.2 Å². The molecule has 0 nitrogen and oxygen atoms in total. The average molecular weight is 418 g/mol. The maximum atomic E-state index is 4.49. The molecule has 0 aromatic carbocycles. The minimum absolute atomic E-state index is 0. The maximum absolute atomic E-state index is 4.49. The molecule has 0 unspecified atom stereocenters. The Morgan fingerprint density at radius 2 is 0.950 bits per heavy atom. The zero-order chi connectivity index (χ0) is 16.5. The molecule has 0 amide bonds. The van der Waals surface area contributed by atoms with Gasteiger partial charge in [0.05, 0.1) is 16.5 Å². The topological polar surface area (TPSA) is 0 Å². The van der Waals surface area contributed by atoms with Crippen LogP contribution in [0.15, 0.2) is 0 Å². The van der Waals surface area contributed by atoms with E-state index >= 15 is 0 Å². The van der Waals surface area contributed by atoms with Crippen LogP contribution < -0.4 is 0 Å². The summed E-state index contributed by atoms with van der Waals surface area (Å²) in [6.45, 7) is 25.9. The van der Waals surface area contributed by atoms with Crippen LogP contribution in [0.2, 0.25) is 0 Å². The first-order chi connectivity index (χ1) is 8.25. The normalized spacial score (nSPS) is 11.8. The summed E-state index contributed by atoms with van der Waals surface area (Å²) in [5, 5.41) is 1.02. The summed E-state index contributed by atoms with van der Waals surface area (Å²) in [6.07, 6.45) is 2.66. The van der Waals surface area contributed by atoms with Crippen LogP contribution in [0, 0.1) is 12.8 Å². The van der Waals surface area contributed by atoms with Crippen LogP contribution in [0.3, 0.4) is 0 Å². The van der Waals surface area contributed by atoms with Crippen molar-refractivity contribution in [2.45, 2.75) is 92.9 Å². The molecule has 0 bridgehead atoms. The van der Waals surface area contributed by atoms with Gasteiger partial charge in [-0.3, -0.25) is 0 Å². The third-order valence-electron chi connectivity index (χ3n) is 2.52. The van der Waals surface area contributed by atoms with Gasteiger partial charge >= 0.3 is 27.7 Å². The van der Waals surface area contributed by atoms with E-state index in [2.05, 4.69) is 104 Å². The van der Waals surface area contributed by atoms with Crippen LogP contribution in [0.25, 0.3) is 0 Å². The second-order valence-electron chi connectivity index (χ2n) is 8.42. The molecule has 0 radical (unpaired) electrons. The predicted octanol–water partition coefficient (Wildman–Crippen LogP) is 7.40. The van der Waals surface area contributed by atoms with E-state index in [1.807, 2.05) is 0 Å². The van der Waals surface area contributed by atoms with Crippen LogP contribution in [0.5, 0.6) is 0 Å². The summed E-state index contributed by atoms with van der Waals surface area (Å²) in [5.74, 6) is 0. The fraction of sp³-hybridized carbons (Fsp3) is 0.941. The van der Waals surface area contributed by atoms with Gasteiger partial charge in [-0.05, 0) is 47.0 Å². The fourth-order valence-corrected chi connectivity index (χ4v) is 6.56. The van der Waals surface area contributed by atoms with Crippen LogP contribution in [0.1, 0.15) is 82.6 Å². The van der Waals surface area contributed by atoms with E-state index in [0.29, 0.717) is 15.7 Å². The summed E-state index contributed by atoms with van der Waals surface area (Å²) in [4.78, 5) is 0. The predicted molar refractivity (Wildman–Crippen MR) is 100 cm³/mol. The molecule has 0 aliphatic heterocycles. The van der Waals surface area contributed by atoms with Gasteiger partial charge in [0.25, 0.3) is 0 Å². The third kappa shape index (κ3) is 19.4. The second kappa shape index (κ2) is 12.9. The van der Waals surface area contributed by atoms with E-state index in [4.69, 9.17) is 0 Å². The van der Waals surface area contributed by atoms with Crippen molar-refractivity contribution in [3.05, 3.63) is 7.43 Å². The van der Waals surface area contributed by atoms with E-state index in [9.17, 15) is 0 Å². The van der Waals surface area contributed by atoms with Gasteiger partial charge in [0.15, 0.2) is 0 Å². The molecule has 0 aromatic heterocycles. The standard InChI is InChI=1S/C13H29P.C3H8.CH3.ClH.Pd/c1-11(2,3)10-14(12(4,5)6)13(7,8)9;1-3-2;;;/h10H2,1-9H3;3H2,1-2H3;1H3;1H;/q;;-1;;+2. The van der Waals surface area contributed by atoms with Gasteiger partial charge < -0.3 is 7.43 Å². The minimum atomic E-state index is -0.333. The van der Waals surface area contributed by atoms with Crippen molar-refractivity contribution >= 4 is 17.5 Å². The number of hydrogen-bond acceptors (Lipinski definition) is 0. The Kier molecular flexibility index (Phi) is 18.9. The molecule has 0 N–H and O–H groups in total. The molecule has 0 heterocycles. The molecule has 0 spiro atoms. The summed E-state index contributed by atoms with van der Waals surface area (Å²) < 4.78 is 0. The SMILES string of the molecule is CC(C)(C)C[PH+](C(C)(C)C)C(C)(C)C.CCC.[CH3-].[Cl][Pd+]. The molecule has 0 aliphatic carbocycles. The first kappa shape index (κ1) is 29.4. The van der Waals surface area contributed by atoms with Gasteiger partial charge in [0, 0.05) is 7.92 Å². The summed E-state index contributed by atoms with van der Waals surface area (Å²) in [7, 11) is 4.16. The number of rotatable bonds is 1. The van der Waals surface area contributed by atoms with Crippen molar-refractivity contribution in [1.29, 1.82) is 0 Å². The van der Waals surface area contributed by atoms with E-state index in [0.717, 1.165) is 0 Å². The molecular weight excluding hydrogens is 377 g/mol. The Hall–Kier alpha value is 1.38. The van der Waals surface area contributed by atoms with Gasteiger partial charge in [0.2, 0.25) is 0 Å². The van der Waals surface area contributed by atoms with Crippen LogP contribution >= 0.6 is 17.5 Å². The Balaban J connectivity index is -0.000000187. The summed E-state index contributed by atoms with van der Waals surface area (Å²) >= 11 is 2.22. The zero-order valence-corrected chi connectivity index (χ0v) is 19.4. The van der Waals surface area contributed by atoms with Crippen molar-refractivity contribution in [3.8, 4) is 0 Å². The Morgan fingerprint density at radius 3 is 1.00 bits per heavy atom. The first-order valence-electron chi connectivity index (χ1n) is 7.24. The van der Waals surface area contributed by atoms with Gasteiger partial charge in [0.1, 0.15) is 0 Å². The fourth-order valence-electron chi connectivity index (χ4n) is 2.19. The van der Waals surface area contributed by atoms with Crippen LogP contribution in [0.4, 0.5) is 0 Å². The molecule has 0 fully saturated rings. The number of halogens is 1. The van der Waals surface area contributed by atoms with E-state index in [1.165, 1.54) is 12.6 Å². The molecule has 0 rings (SSSR count). The van der Waals surface area contributed by atoms with Crippen molar-refractivity contribution in [2.75, 3.05) is 6.16 Å². The van der Waals surface area contributed by atoms with Gasteiger partial charge in [-0.15, -0.1) is 0 Å². The van der Waals surface area contributed by atoms with Gasteiger partial charge in [-0.1, -0.05) is 41.0 Å². The molecule has 3 heteroatoms. The quantitative estimate of drug-likeness (QED) is 0.237. The monoisotopic (exact) mass is 417 g/mol. The van der Waals surface area contributed by atoms with E-state index < -0.39 is 0 Å². The molecule has 0 saturated heterocycles. The Labute approximate surface area is 147 Å². The average Bonchev–Trinajstić information content (AvgIpc) is 2.14. The second-order valence-corrected chi connectivity index (χ2v) is 12.7. The number of hydrogen-bond donors (Lipinski definition) is 0. The summed E-state index contributed by atoms with van der Waals surface area (Å²) in [6, 6.07) is 0. The molecule has 0 saturated carbocycles. The Morgan fingerprint density at radius 1 is 0.750 bits per heavy atom. The molecule has 0 atom stereocenters. The van der Waals surface area contributed by atoms with E-state index in [1.54, 1.807) is 0 Å². The third-order valence-corrected chi connectivity index (χ3v) is 7.55. The van der Waals surface area contributed by atoms with Crippen molar-refractivity contribution in [2.24, 2.45) is 5.41 Å². The molecule has 130 valence electrons. The molecule has 0 aliphatic rings. The van der Waals surface area contributed by atoms with Gasteiger partial charge in [-0.25, -0.2) is 0 Å². The summed E-state index contributed by atoms with van der Waals surface area (Å²) in [5.41, 5.74) is 0.481. The Bertz CT molecular complexity index is 183. The van der Waals surface area contributed by atoms with Crippen molar-refractivity contribution in [1.82, 2.24) is 0 Å². The molecule has 20 heavy (non-hydrogen) atoms. The van der Waals surface area contributed by atoms with Crippen molar-refractivity contribution in [3.63, 3.8) is 0 Å². The van der Waals surface area contributed by atoms with Crippen LogP contribution in [-0.2, 0) is 18.2 Å².